The standard InChI is InChI=1S/C17H28N2/c1-12-8-13(2)16(14(3)9-12)15(10-18)19-7-6-17(4,5)11-19/h8-9,15H,6-7,10-11,18H2,1-5H3. The minimum Gasteiger partial charge on any atom is -0.329 e. The van der Waals surface area contributed by atoms with Crippen LogP contribution < -0.4 is 5.73 Å². The number of hydrogen-bond acceptors (Lipinski definition) is 2. The van der Waals surface area contributed by atoms with Gasteiger partial charge in [-0.05, 0) is 55.8 Å². The maximum atomic E-state index is 6.11. The number of nitrogens with zero attached hydrogens (tertiary/aromatic N) is 1. The molecule has 0 saturated carbocycles. The second-order valence-corrected chi connectivity index (χ2v) is 6.95. The van der Waals surface area contributed by atoms with Crippen molar-refractivity contribution in [2.75, 3.05) is 19.6 Å². The fourth-order valence-electron chi connectivity index (χ4n) is 3.59. The molecular weight excluding hydrogens is 232 g/mol. The summed E-state index contributed by atoms with van der Waals surface area (Å²) in [5.41, 5.74) is 12.1. The van der Waals surface area contributed by atoms with Crippen LogP contribution in [0.25, 0.3) is 0 Å². The van der Waals surface area contributed by atoms with E-state index in [1.54, 1.807) is 0 Å². The molecule has 1 aliphatic rings. The lowest BCUT2D eigenvalue weighted by Gasteiger charge is -2.31. The Morgan fingerprint density at radius 1 is 1.21 bits per heavy atom. The van der Waals surface area contributed by atoms with Crippen LogP contribution in [0.4, 0.5) is 0 Å². The lowest BCUT2D eigenvalue weighted by Crippen LogP contribution is -2.34. The van der Waals surface area contributed by atoms with Crippen molar-refractivity contribution in [1.29, 1.82) is 0 Å². The molecule has 2 rings (SSSR count). The zero-order valence-corrected chi connectivity index (χ0v) is 13.1. The summed E-state index contributed by atoms with van der Waals surface area (Å²) in [5, 5.41) is 0. The Labute approximate surface area is 118 Å². The molecule has 1 aromatic rings. The van der Waals surface area contributed by atoms with Gasteiger partial charge in [0.2, 0.25) is 0 Å². The molecule has 0 radical (unpaired) electrons. The lowest BCUT2D eigenvalue weighted by molar-refractivity contribution is 0.222. The molecule has 0 spiro atoms. The highest BCUT2D eigenvalue weighted by Crippen LogP contribution is 2.36. The summed E-state index contributed by atoms with van der Waals surface area (Å²) in [6, 6.07) is 4.95. The topological polar surface area (TPSA) is 29.3 Å². The number of hydrogen-bond donors (Lipinski definition) is 1. The zero-order valence-electron chi connectivity index (χ0n) is 13.1. The van der Waals surface area contributed by atoms with Crippen molar-refractivity contribution in [3.8, 4) is 0 Å². The van der Waals surface area contributed by atoms with Gasteiger partial charge < -0.3 is 5.73 Å². The molecule has 1 fully saturated rings. The van der Waals surface area contributed by atoms with Crippen molar-refractivity contribution in [1.82, 2.24) is 4.90 Å². The van der Waals surface area contributed by atoms with Gasteiger partial charge in [-0.3, -0.25) is 4.90 Å². The van der Waals surface area contributed by atoms with Crippen LogP contribution >= 0.6 is 0 Å². The minimum atomic E-state index is 0.377. The molecule has 2 N–H and O–H groups in total. The van der Waals surface area contributed by atoms with Crippen molar-refractivity contribution < 1.29 is 0 Å². The van der Waals surface area contributed by atoms with Crippen LogP contribution in [-0.4, -0.2) is 24.5 Å². The van der Waals surface area contributed by atoms with E-state index in [1.807, 2.05) is 0 Å². The summed E-state index contributed by atoms with van der Waals surface area (Å²) in [6.45, 7) is 14.4. The number of likely N-dealkylation sites (tertiary alicyclic amines) is 1. The summed E-state index contributed by atoms with van der Waals surface area (Å²) in [4.78, 5) is 2.57. The molecule has 1 aromatic carbocycles. The highest BCUT2D eigenvalue weighted by Gasteiger charge is 2.34. The highest BCUT2D eigenvalue weighted by atomic mass is 15.2. The van der Waals surface area contributed by atoms with E-state index in [2.05, 4.69) is 51.7 Å². The summed E-state index contributed by atoms with van der Waals surface area (Å²) in [6.07, 6.45) is 1.27. The molecule has 1 saturated heterocycles. The molecule has 1 unspecified atom stereocenters. The predicted molar refractivity (Wildman–Crippen MR) is 82.4 cm³/mol. The van der Waals surface area contributed by atoms with Crippen molar-refractivity contribution in [2.45, 2.75) is 47.1 Å². The molecule has 19 heavy (non-hydrogen) atoms. The van der Waals surface area contributed by atoms with E-state index in [0.717, 1.165) is 6.54 Å². The lowest BCUT2D eigenvalue weighted by atomic mass is 9.91. The first-order valence-electron chi connectivity index (χ1n) is 7.36. The first kappa shape index (κ1) is 14.5. The molecule has 0 bridgehead atoms. The van der Waals surface area contributed by atoms with Crippen molar-refractivity contribution in [2.24, 2.45) is 11.1 Å². The Kier molecular flexibility index (Phi) is 4.03. The first-order valence-corrected chi connectivity index (χ1v) is 7.36. The van der Waals surface area contributed by atoms with Crippen LogP contribution in [0.1, 0.15) is 48.6 Å². The summed E-state index contributed by atoms with van der Waals surface area (Å²) >= 11 is 0. The molecule has 1 atom stereocenters. The van der Waals surface area contributed by atoms with Gasteiger partial charge in [-0.2, -0.15) is 0 Å². The number of nitrogens with two attached hydrogens (primary N) is 1. The van der Waals surface area contributed by atoms with E-state index in [1.165, 1.54) is 35.2 Å². The SMILES string of the molecule is Cc1cc(C)c(C(CN)N2CCC(C)(C)C2)c(C)c1. The molecule has 2 heteroatoms. The maximum Gasteiger partial charge on any atom is 0.0475 e. The molecule has 0 amide bonds. The minimum absolute atomic E-state index is 0.377. The molecule has 1 aliphatic heterocycles. The van der Waals surface area contributed by atoms with Gasteiger partial charge in [0, 0.05) is 19.1 Å². The van der Waals surface area contributed by atoms with Crippen LogP contribution in [0.2, 0.25) is 0 Å². The third kappa shape index (κ3) is 3.01. The Morgan fingerprint density at radius 3 is 2.21 bits per heavy atom. The van der Waals surface area contributed by atoms with Gasteiger partial charge in [0.05, 0.1) is 0 Å². The van der Waals surface area contributed by atoms with Crippen LogP contribution in [0.5, 0.6) is 0 Å². The van der Waals surface area contributed by atoms with Gasteiger partial charge >= 0.3 is 0 Å². The molecule has 2 nitrogen and oxygen atoms in total. The fraction of sp³-hybridized carbons (Fsp3) is 0.647. The van der Waals surface area contributed by atoms with E-state index in [4.69, 9.17) is 5.73 Å². The van der Waals surface area contributed by atoms with Gasteiger partial charge in [-0.15, -0.1) is 0 Å². The molecule has 0 aromatic heterocycles. The predicted octanol–water partition coefficient (Wildman–Crippen LogP) is 3.34. The van der Waals surface area contributed by atoms with Gasteiger partial charge in [0.25, 0.3) is 0 Å². The highest BCUT2D eigenvalue weighted by molar-refractivity contribution is 5.40. The summed E-state index contributed by atoms with van der Waals surface area (Å²) < 4.78 is 0. The Hall–Kier alpha value is -0.860. The second-order valence-electron chi connectivity index (χ2n) is 6.95. The smallest absolute Gasteiger partial charge is 0.0475 e. The number of aryl methyl sites for hydroxylation is 3. The second kappa shape index (κ2) is 5.26. The third-order valence-electron chi connectivity index (χ3n) is 4.44. The number of benzene rings is 1. The van der Waals surface area contributed by atoms with Crippen LogP contribution in [0, 0.1) is 26.2 Å². The molecular formula is C17H28N2. The van der Waals surface area contributed by atoms with Crippen molar-refractivity contribution in [3.63, 3.8) is 0 Å². The van der Waals surface area contributed by atoms with Crippen LogP contribution in [0.15, 0.2) is 12.1 Å². The van der Waals surface area contributed by atoms with Crippen LogP contribution in [0.3, 0.4) is 0 Å². The zero-order chi connectivity index (χ0) is 14.2. The monoisotopic (exact) mass is 260 g/mol. The Bertz CT molecular complexity index is 439. The first-order chi connectivity index (χ1) is 8.84. The summed E-state index contributed by atoms with van der Waals surface area (Å²) in [5.74, 6) is 0. The van der Waals surface area contributed by atoms with Crippen LogP contribution in [-0.2, 0) is 0 Å². The van der Waals surface area contributed by atoms with E-state index in [9.17, 15) is 0 Å². The molecule has 1 heterocycles. The molecule has 106 valence electrons. The average Bonchev–Trinajstić information content (AvgIpc) is 2.63. The fourth-order valence-corrected chi connectivity index (χ4v) is 3.59. The summed E-state index contributed by atoms with van der Waals surface area (Å²) in [7, 11) is 0. The molecule has 0 aliphatic carbocycles. The third-order valence-corrected chi connectivity index (χ3v) is 4.44. The van der Waals surface area contributed by atoms with Gasteiger partial charge in [0.15, 0.2) is 0 Å². The van der Waals surface area contributed by atoms with Gasteiger partial charge in [-0.1, -0.05) is 31.5 Å². The van der Waals surface area contributed by atoms with E-state index < -0.39 is 0 Å². The Balaban J connectivity index is 2.33. The normalized spacial score (nSPS) is 20.7. The Morgan fingerprint density at radius 2 is 1.79 bits per heavy atom. The quantitative estimate of drug-likeness (QED) is 0.903. The van der Waals surface area contributed by atoms with E-state index in [-0.39, 0.29) is 0 Å². The largest absolute Gasteiger partial charge is 0.329 e. The van der Waals surface area contributed by atoms with Crippen molar-refractivity contribution >= 4 is 0 Å². The van der Waals surface area contributed by atoms with E-state index >= 15 is 0 Å². The van der Waals surface area contributed by atoms with Crippen molar-refractivity contribution in [3.05, 3.63) is 34.4 Å². The van der Waals surface area contributed by atoms with Gasteiger partial charge in [-0.25, -0.2) is 0 Å². The van der Waals surface area contributed by atoms with E-state index in [0.29, 0.717) is 18.0 Å². The average molecular weight is 260 g/mol. The maximum absolute atomic E-state index is 6.11. The van der Waals surface area contributed by atoms with Gasteiger partial charge in [0.1, 0.15) is 0 Å². The number of rotatable bonds is 3.